The molecule has 0 aliphatic carbocycles. The highest BCUT2D eigenvalue weighted by Gasteiger charge is 2.48. The summed E-state index contributed by atoms with van der Waals surface area (Å²) in [6.07, 6.45) is 3.74. The van der Waals surface area contributed by atoms with Crippen LogP contribution in [0.4, 0.5) is 0 Å². The van der Waals surface area contributed by atoms with Gasteiger partial charge in [-0.15, -0.1) is 0 Å². The van der Waals surface area contributed by atoms with Gasteiger partial charge in [-0.25, -0.2) is 8.42 Å². The second-order valence-electron chi connectivity index (χ2n) is 7.73. The summed E-state index contributed by atoms with van der Waals surface area (Å²) in [5.74, 6) is 0.0735. The van der Waals surface area contributed by atoms with E-state index in [0.29, 0.717) is 26.2 Å². The summed E-state index contributed by atoms with van der Waals surface area (Å²) >= 11 is 0. The molecule has 2 aliphatic rings. The fourth-order valence-electron chi connectivity index (χ4n) is 4.38. The summed E-state index contributed by atoms with van der Waals surface area (Å²) in [5, 5.41) is 0. The van der Waals surface area contributed by atoms with Gasteiger partial charge in [-0.1, -0.05) is 18.2 Å². The van der Waals surface area contributed by atoms with Crippen LogP contribution in [0, 0.1) is 12.3 Å². The quantitative estimate of drug-likeness (QED) is 0.800. The molecule has 0 bridgehead atoms. The van der Waals surface area contributed by atoms with E-state index in [1.54, 1.807) is 11.4 Å². The second kappa shape index (κ2) is 7.29. The molecule has 0 N–H and O–H groups in total. The van der Waals surface area contributed by atoms with Crippen molar-refractivity contribution in [2.45, 2.75) is 32.2 Å². The van der Waals surface area contributed by atoms with Crippen molar-refractivity contribution >= 4 is 15.9 Å². The average molecular weight is 381 g/mol. The van der Waals surface area contributed by atoms with Gasteiger partial charge in [0.25, 0.3) is 5.91 Å². The number of sulfonamides is 1. The van der Waals surface area contributed by atoms with Crippen molar-refractivity contribution in [2.24, 2.45) is 5.41 Å². The molecule has 26 heavy (non-hydrogen) atoms. The molecule has 2 aliphatic heterocycles. The summed E-state index contributed by atoms with van der Waals surface area (Å²) in [4.78, 5) is 14.7. The summed E-state index contributed by atoms with van der Waals surface area (Å²) < 4.78 is 31.1. The lowest BCUT2D eigenvalue weighted by atomic mass is 9.76. The number of amides is 1. The van der Waals surface area contributed by atoms with E-state index < -0.39 is 10.0 Å². The van der Waals surface area contributed by atoms with E-state index in [4.69, 9.17) is 4.74 Å². The monoisotopic (exact) mass is 380 g/mol. The number of likely N-dealkylation sites (tertiary alicyclic amines) is 1. The first kappa shape index (κ1) is 19.3. The van der Waals surface area contributed by atoms with Gasteiger partial charge in [0.15, 0.2) is 0 Å². The fraction of sp³-hybridized carbons (Fsp3) is 0.632. The molecule has 3 rings (SSSR count). The standard InChI is InChI=1S/C19H28N2O4S/c1-15-6-4-5-7-17(15)18(22)20-10-8-19(9-11-20)12-16(13-25-2)21(14-19)26(3,23)24/h4-7,16H,8-14H2,1-3H3/t16-/m1/s1. The van der Waals surface area contributed by atoms with Crippen LogP contribution in [0.5, 0.6) is 0 Å². The molecule has 6 nitrogen and oxygen atoms in total. The van der Waals surface area contributed by atoms with Crippen molar-refractivity contribution in [3.05, 3.63) is 35.4 Å². The molecule has 2 heterocycles. The van der Waals surface area contributed by atoms with Gasteiger partial charge in [0.05, 0.1) is 12.9 Å². The number of hydrogen-bond donors (Lipinski definition) is 0. The van der Waals surface area contributed by atoms with E-state index in [0.717, 1.165) is 30.4 Å². The largest absolute Gasteiger partial charge is 0.383 e. The number of rotatable bonds is 4. The average Bonchev–Trinajstić information content (AvgIpc) is 2.94. The Morgan fingerprint density at radius 2 is 1.92 bits per heavy atom. The highest BCUT2D eigenvalue weighted by Crippen LogP contribution is 2.44. The number of nitrogens with zero attached hydrogens (tertiary/aromatic N) is 2. The third-order valence-corrected chi connectivity index (χ3v) is 7.12. The second-order valence-corrected chi connectivity index (χ2v) is 9.66. The molecular formula is C19H28N2O4S. The van der Waals surface area contributed by atoms with Gasteiger partial charge in [-0.05, 0) is 43.2 Å². The predicted molar refractivity (Wildman–Crippen MR) is 101 cm³/mol. The minimum Gasteiger partial charge on any atom is -0.383 e. The Morgan fingerprint density at radius 1 is 1.27 bits per heavy atom. The Balaban J connectivity index is 1.70. The van der Waals surface area contributed by atoms with Crippen LogP contribution in [0.2, 0.25) is 0 Å². The van der Waals surface area contributed by atoms with Crippen molar-refractivity contribution in [3.63, 3.8) is 0 Å². The molecule has 2 saturated heterocycles. The Morgan fingerprint density at radius 3 is 2.50 bits per heavy atom. The van der Waals surface area contributed by atoms with E-state index in [-0.39, 0.29) is 17.4 Å². The molecule has 1 atom stereocenters. The highest BCUT2D eigenvalue weighted by molar-refractivity contribution is 7.88. The maximum absolute atomic E-state index is 12.8. The van der Waals surface area contributed by atoms with Crippen LogP contribution in [0.15, 0.2) is 24.3 Å². The van der Waals surface area contributed by atoms with Crippen LogP contribution in [-0.4, -0.2) is 69.2 Å². The number of aryl methyl sites for hydroxylation is 1. The minimum atomic E-state index is -3.25. The summed E-state index contributed by atoms with van der Waals surface area (Å²) in [6.45, 7) is 4.25. The summed E-state index contributed by atoms with van der Waals surface area (Å²) in [7, 11) is -1.65. The molecule has 1 spiro atoms. The number of carbonyl (C=O) groups excluding carboxylic acids is 1. The normalized spacial score (nSPS) is 23.5. The first-order valence-corrected chi connectivity index (χ1v) is 10.9. The summed E-state index contributed by atoms with van der Waals surface area (Å²) in [6, 6.07) is 7.55. The zero-order valence-electron chi connectivity index (χ0n) is 15.8. The zero-order chi connectivity index (χ0) is 18.9. The number of ether oxygens (including phenoxy) is 1. The van der Waals surface area contributed by atoms with Gasteiger partial charge in [-0.3, -0.25) is 4.79 Å². The minimum absolute atomic E-state index is 0.0468. The van der Waals surface area contributed by atoms with Crippen molar-refractivity contribution in [1.29, 1.82) is 0 Å². The van der Waals surface area contributed by atoms with Crippen molar-refractivity contribution in [2.75, 3.05) is 39.6 Å². The van der Waals surface area contributed by atoms with Crippen LogP contribution in [0.1, 0.15) is 35.2 Å². The molecular weight excluding hydrogens is 352 g/mol. The lowest BCUT2D eigenvalue weighted by molar-refractivity contribution is 0.0594. The molecule has 0 saturated carbocycles. The lowest BCUT2D eigenvalue weighted by Gasteiger charge is -2.39. The fourth-order valence-corrected chi connectivity index (χ4v) is 5.56. The smallest absolute Gasteiger partial charge is 0.254 e. The zero-order valence-corrected chi connectivity index (χ0v) is 16.6. The molecule has 0 aromatic heterocycles. The Hall–Kier alpha value is -1.44. The van der Waals surface area contributed by atoms with E-state index in [1.807, 2.05) is 36.1 Å². The molecule has 0 unspecified atom stereocenters. The molecule has 1 amide bonds. The number of methoxy groups -OCH3 is 1. The van der Waals surface area contributed by atoms with Crippen LogP contribution in [-0.2, 0) is 14.8 Å². The molecule has 0 radical (unpaired) electrons. The maximum atomic E-state index is 12.8. The van der Waals surface area contributed by atoms with Crippen molar-refractivity contribution in [1.82, 2.24) is 9.21 Å². The van der Waals surface area contributed by atoms with Crippen LogP contribution >= 0.6 is 0 Å². The molecule has 144 valence electrons. The number of carbonyl (C=O) groups is 1. The Labute approximate surface area is 156 Å². The first-order valence-electron chi connectivity index (χ1n) is 9.06. The van der Waals surface area contributed by atoms with Gasteiger partial charge >= 0.3 is 0 Å². The first-order chi connectivity index (χ1) is 12.3. The predicted octanol–water partition coefficient (Wildman–Crippen LogP) is 1.90. The SMILES string of the molecule is COC[C@H]1CC2(CCN(C(=O)c3ccccc3C)CC2)CN1S(C)(=O)=O. The molecule has 1 aromatic carbocycles. The van der Waals surface area contributed by atoms with E-state index >= 15 is 0 Å². The highest BCUT2D eigenvalue weighted by atomic mass is 32.2. The van der Waals surface area contributed by atoms with E-state index in [1.165, 1.54) is 6.26 Å². The van der Waals surface area contributed by atoms with Gasteiger partial charge in [0, 0.05) is 38.3 Å². The molecule has 2 fully saturated rings. The number of hydrogen-bond acceptors (Lipinski definition) is 4. The van der Waals surface area contributed by atoms with Crippen LogP contribution in [0.25, 0.3) is 0 Å². The Kier molecular flexibility index (Phi) is 5.42. The number of benzene rings is 1. The van der Waals surface area contributed by atoms with Gasteiger partial charge in [0.1, 0.15) is 0 Å². The van der Waals surface area contributed by atoms with Gasteiger partial charge in [-0.2, -0.15) is 4.31 Å². The molecule has 7 heteroatoms. The van der Waals surface area contributed by atoms with Gasteiger partial charge in [0.2, 0.25) is 10.0 Å². The topological polar surface area (TPSA) is 66.9 Å². The summed E-state index contributed by atoms with van der Waals surface area (Å²) in [5.41, 5.74) is 1.70. The van der Waals surface area contributed by atoms with Gasteiger partial charge < -0.3 is 9.64 Å². The molecule has 1 aromatic rings. The Bertz CT molecular complexity index is 769. The number of piperidine rings is 1. The van der Waals surface area contributed by atoms with Crippen molar-refractivity contribution in [3.8, 4) is 0 Å². The lowest BCUT2D eigenvalue weighted by Crippen LogP contribution is -2.44. The third-order valence-electron chi connectivity index (χ3n) is 5.84. The van der Waals surface area contributed by atoms with E-state index in [2.05, 4.69) is 0 Å². The van der Waals surface area contributed by atoms with Crippen LogP contribution < -0.4 is 0 Å². The van der Waals surface area contributed by atoms with Crippen molar-refractivity contribution < 1.29 is 17.9 Å². The third kappa shape index (κ3) is 3.80. The maximum Gasteiger partial charge on any atom is 0.254 e. The van der Waals surface area contributed by atoms with E-state index in [9.17, 15) is 13.2 Å². The van der Waals surface area contributed by atoms with Crippen LogP contribution in [0.3, 0.4) is 0 Å².